The van der Waals surface area contributed by atoms with Gasteiger partial charge in [0, 0.05) is 48.9 Å². The number of fused-ring (bicyclic) bond motifs is 4. The highest BCUT2D eigenvalue weighted by atomic mass is 16.5. The average Bonchev–Trinajstić information content (AvgIpc) is 4.10. The summed E-state index contributed by atoms with van der Waals surface area (Å²) in [4.78, 5) is 73.5. The monoisotopic (exact) mass is 839 g/mol. The lowest BCUT2D eigenvalue weighted by Gasteiger charge is -2.30. The van der Waals surface area contributed by atoms with Gasteiger partial charge in [0.05, 0.1) is 43.0 Å². The third kappa shape index (κ3) is 6.87. The highest BCUT2D eigenvalue weighted by molar-refractivity contribution is 5.95. The molecule has 1 spiro atoms. The van der Waals surface area contributed by atoms with E-state index in [4.69, 9.17) is 14.7 Å². The number of aromatic amines is 2. The van der Waals surface area contributed by atoms with E-state index in [0.29, 0.717) is 31.1 Å². The number of Topliss-reactive ketones (excluding diaryl/α,β-unsaturated/α-hetero) is 1. The van der Waals surface area contributed by atoms with Crippen LogP contribution in [0.2, 0.25) is 0 Å². The smallest absolute Gasteiger partial charge is 0.407 e. The molecule has 10 rings (SSSR count). The summed E-state index contributed by atoms with van der Waals surface area (Å²) in [6, 6.07) is 8.20. The van der Waals surface area contributed by atoms with Crippen molar-refractivity contribution in [3.63, 3.8) is 0 Å². The number of hydrogen-bond acceptors (Lipinski definition) is 7. The second kappa shape index (κ2) is 15.8. The van der Waals surface area contributed by atoms with Crippen LogP contribution in [0, 0.1) is 23.2 Å². The molecular weight excluding hydrogens is 779 g/mol. The normalized spacial score (nSPS) is 23.9. The first-order chi connectivity index (χ1) is 29.9. The number of hydrogen-bond donors (Lipinski definition) is 3. The molecule has 2 saturated heterocycles. The van der Waals surface area contributed by atoms with Crippen LogP contribution in [-0.2, 0) is 38.4 Å². The molecule has 4 heterocycles. The largest absolute Gasteiger partial charge is 0.453 e. The van der Waals surface area contributed by atoms with Crippen molar-refractivity contribution in [3.05, 3.63) is 70.6 Å². The van der Waals surface area contributed by atoms with Crippen molar-refractivity contribution >= 4 is 23.7 Å². The van der Waals surface area contributed by atoms with Gasteiger partial charge in [-0.25, -0.2) is 14.8 Å². The van der Waals surface area contributed by atoms with Crippen LogP contribution in [0.1, 0.15) is 144 Å². The average molecular weight is 840 g/mol. The van der Waals surface area contributed by atoms with Crippen LogP contribution >= 0.6 is 0 Å². The van der Waals surface area contributed by atoms with E-state index >= 15 is 0 Å². The molecule has 326 valence electrons. The van der Waals surface area contributed by atoms with Crippen molar-refractivity contribution in [2.75, 3.05) is 20.2 Å². The number of ketones is 1. The number of imidazole rings is 2. The fourth-order valence-corrected chi connectivity index (χ4v) is 12.3. The molecule has 4 aliphatic carbocycles. The highest BCUT2D eigenvalue weighted by Crippen LogP contribution is 2.57. The van der Waals surface area contributed by atoms with Crippen molar-refractivity contribution in [2.45, 2.75) is 135 Å². The predicted octanol–water partition coefficient (Wildman–Crippen LogP) is 8.78. The minimum Gasteiger partial charge on any atom is -0.453 e. The molecule has 62 heavy (non-hydrogen) atoms. The Balaban J connectivity index is 0.992. The van der Waals surface area contributed by atoms with Crippen LogP contribution < -0.4 is 5.32 Å². The van der Waals surface area contributed by atoms with Gasteiger partial charge in [-0.15, -0.1) is 0 Å². The number of aromatic nitrogens is 4. The zero-order valence-electron chi connectivity index (χ0n) is 36.9. The first-order valence-electron chi connectivity index (χ1n) is 23.3. The lowest BCUT2D eigenvalue weighted by molar-refractivity contribution is -0.135. The summed E-state index contributed by atoms with van der Waals surface area (Å²) in [6.07, 6.45) is 15.8. The van der Waals surface area contributed by atoms with Crippen LogP contribution in [-0.4, -0.2) is 79.7 Å². The lowest BCUT2D eigenvalue weighted by atomic mass is 9.71. The highest BCUT2D eigenvalue weighted by Gasteiger charge is 2.49. The van der Waals surface area contributed by atoms with Crippen molar-refractivity contribution in [1.29, 1.82) is 0 Å². The SMILES string of the molecule is COC(=O)NC(C(=O)N1CCCC1c1ncc(-c2ccc(-c3ccc(-c4cnc([C@@H]5CCCN5C(=O)CC(C)C)[nH]4)c4c3CC3(CCCC3)C4)c3c2CC2C(=O)CC32)[nH]1)C(C)C. The Morgan fingerprint density at radius 1 is 0.774 bits per heavy atom. The molecule has 2 saturated carbocycles. The first kappa shape index (κ1) is 40.8. The molecule has 2 aromatic carbocycles. The number of nitrogens with zero attached hydrogens (tertiary/aromatic N) is 4. The van der Waals surface area contributed by atoms with Gasteiger partial charge >= 0.3 is 6.09 Å². The van der Waals surface area contributed by atoms with Gasteiger partial charge in [0.25, 0.3) is 0 Å². The van der Waals surface area contributed by atoms with Crippen LogP contribution in [0.25, 0.3) is 33.6 Å². The van der Waals surface area contributed by atoms with Gasteiger partial charge < -0.3 is 29.8 Å². The Hall–Kier alpha value is -5.26. The number of alkyl carbamates (subject to hydrolysis) is 1. The number of nitrogens with one attached hydrogen (secondary N) is 3. The summed E-state index contributed by atoms with van der Waals surface area (Å²) in [6.45, 7) is 9.42. The summed E-state index contributed by atoms with van der Waals surface area (Å²) in [5.74, 6) is 2.47. The first-order valence-corrected chi connectivity index (χ1v) is 23.3. The minimum atomic E-state index is -0.702. The Labute approximate surface area is 364 Å². The van der Waals surface area contributed by atoms with E-state index in [1.54, 1.807) is 0 Å². The van der Waals surface area contributed by atoms with Gasteiger partial charge in [0.1, 0.15) is 23.5 Å². The molecule has 2 aliphatic heterocycles. The lowest BCUT2D eigenvalue weighted by Crippen LogP contribution is -2.51. The maximum atomic E-state index is 13.9. The van der Waals surface area contributed by atoms with Gasteiger partial charge in [-0.1, -0.05) is 64.8 Å². The van der Waals surface area contributed by atoms with E-state index in [-0.39, 0.29) is 47.1 Å². The molecule has 5 atom stereocenters. The topological polar surface area (TPSA) is 153 Å². The number of carbonyl (C=O) groups excluding carboxylic acids is 4. The second-order valence-corrected chi connectivity index (χ2v) is 20.1. The summed E-state index contributed by atoms with van der Waals surface area (Å²) in [7, 11) is 1.31. The molecular formula is C50H61N7O5. The van der Waals surface area contributed by atoms with Gasteiger partial charge in [-0.3, -0.25) is 14.4 Å². The molecule has 4 aromatic rings. The fourth-order valence-electron chi connectivity index (χ4n) is 12.3. The van der Waals surface area contributed by atoms with Crippen LogP contribution in [0.5, 0.6) is 0 Å². The minimum absolute atomic E-state index is 0.00463. The number of rotatable bonds is 10. The Kier molecular flexibility index (Phi) is 10.4. The van der Waals surface area contributed by atoms with Gasteiger partial charge in [-0.05, 0) is 108 Å². The second-order valence-electron chi connectivity index (χ2n) is 20.1. The van der Waals surface area contributed by atoms with Crippen molar-refractivity contribution in [1.82, 2.24) is 35.1 Å². The van der Waals surface area contributed by atoms with Gasteiger partial charge in [0.2, 0.25) is 11.8 Å². The van der Waals surface area contributed by atoms with E-state index in [2.05, 4.69) is 53.4 Å². The summed E-state index contributed by atoms with van der Waals surface area (Å²) in [5.41, 5.74) is 12.5. The Morgan fingerprint density at radius 2 is 1.35 bits per heavy atom. The zero-order chi connectivity index (χ0) is 43.0. The summed E-state index contributed by atoms with van der Waals surface area (Å²) < 4.78 is 4.83. The summed E-state index contributed by atoms with van der Waals surface area (Å²) in [5, 5.41) is 2.75. The molecule has 2 aromatic heterocycles. The standard InChI is InChI=1S/C50H61N7O5/c1-27(2)20-43(59)56-18-8-10-40(56)46-51-26-39(54-46)31-13-12-29(36-23-50(24-37(31)36)16-6-7-17-50)32-15-14-30(34-21-33-35(44(32)34)22-42(33)58)38-25-52-47(53-38)41-11-9-19-57(41)48(60)45(28(3)4)55-49(61)62-5/h12-15,25-28,33,35,40-41,45H,6-11,16-24H2,1-5H3,(H,51,54)(H,52,53)(H,55,61)/t33?,35?,40-,41?,45?/m0/s1. The fraction of sp³-hybridized carbons (Fsp3) is 0.560. The third-order valence-corrected chi connectivity index (χ3v) is 15.4. The predicted molar refractivity (Wildman–Crippen MR) is 236 cm³/mol. The molecule has 0 radical (unpaired) electrons. The molecule has 3 amide bonds. The number of H-pyrrole nitrogens is 2. The maximum Gasteiger partial charge on any atom is 0.407 e. The number of likely N-dealkylation sites (tertiary alicyclic amines) is 2. The molecule has 12 nitrogen and oxygen atoms in total. The number of amides is 3. The zero-order valence-corrected chi connectivity index (χ0v) is 36.9. The molecule has 4 fully saturated rings. The molecule has 12 heteroatoms. The number of methoxy groups -OCH3 is 1. The molecule has 0 bridgehead atoms. The number of benzene rings is 2. The third-order valence-electron chi connectivity index (χ3n) is 15.4. The quantitative estimate of drug-likeness (QED) is 0.144. The number of ether oxygens (including phenoxy) is 1. The van der Waals surface area contributed by atoms with E-state index in [1.807, 2.05) is 36.0 Å². The van der Waals surface area contributed by atoms with E-state index < -0.39 is 12.1 Å². The van der Waals surface area contributed by atoms with Crippen LogP contribution in [0.15, 0.2) is 36.7 Å². The molecule has 6 aliphatic rings. The van der Waals surface area contributed by atoms with E-state index in [0.717, 1.165) is 80.1 Å². The van der Waals surface area contributed by atoms with Gasteiger partial charge in [0.15, 0.2) is 0 Å². The number of carbonyl (C=O) groups is 4. The Bertz CT molecular complexity index is 2440. The van der Waals surface area contributed by atoms with Crippen molar-refractivity contribution in [2.24, 2.45) is 23.2 Å². The maximum absolute atomic E-state index is 13.9. The van der Waals surface area contributed by atoms with Crippen molar-refractivity contribution in [3.8, 4) is 33.6 Å². The van der Waals surface area contributed by atoms with Crippen LogP contribution in [0.3, 0.4) is 0 Å². The van der Waals surface area contributed by atoms with Gasteiger partial charge in [-0.2, -0.15) is 0 Å². The molecule has 4 unspecified atom stereocenters. The van der Waals surface area contributed by atoms with E-state index in [9.17, 15) is 19.2 Å². The Morgan fingerprint density at radius 3 is 1.97 bits per heavy atom. The summed E-state index contributed by atoms with van der Waals surface area (Å²) >= 11 is 0. The van der Waals surface area contributed by atoms with Crippen LogP contribution in [0.4, 0.5) is 4.79 Å². The molecule has 3 N–H and O–H groups in total. The van der Waals surface area contributed by atoms with E-state index in [1.165, 1.54) is 71.7 Å². The van der Waals surface area contributed by atoms with Crippen molar-refractivity contribution < 1.29 is 23.9 Å².